The fraction of sp³-hybridized carbons (Fsp3) is 0.385. The van der Waals surface area contributed by atoms with Crippen molar-refractivity contribution in [3.63, 3.8) is 0 Å². The average molecular weight is 294 g/mol. The highest BCUT2D eigenvalue weighted by Crippen LogP contribution is 2.12. The van der Waals surface area contributed by atoms with Gasteiger partial charge in [0, 0.05) is 12.7 Å². The minimum atomic E-state index is -0.374. The number of hydrogen-bond donors (Lipinski definition) is 1. The van der Waals surface area contributed by atoms with Crippen molar-refractivity contribution in [2.75, 3.05) is 11.9 Å². The van der Waals surface area contributed by atoms with E-state index in [2.05, 4.69) is 27.2 Å². The lowest BCUT2D eigenvalue weighted by Crippen LogP contribution is -2.25. The van der Waals surface area contributed by atoms with E-state index in [1.54, 1.807) is 18.3 Å². The van der Waals surface area contributed by atoms with E-state index in [1.165, 1.54) is 10.9 Å². The molecular formula is C13H16ClN5O. The summed E-state index contributed by atoms with van der Waals surface area (Å²) < 4.78 is 1.37. The summed E-state index contributed by atoms with van der Waals surface area (Å²) in [6.45, 7) is 3.11. The molecule has 0 saturated carbocycles. The van der Waals surface area contributed by atoms with Crippen molar-refractivity contribution in [3.8, 4) is 0 Å². The van der Waals surface area contributed by atoms with Crippen LogP contribution in [0.4, 0.5) is 5.95 Å². The molecule has 0 aliphatic rings. The van der Waals surface area contributed by atoms with Crippen LogP contribution in [0.3, 0.4) is 0 Å². The van der Waals surface area contributed by atoms with Gasteiger partial charge in [-0.3, -0.25) is 9.55 Å². The highest BCUT2D eigenvalue weighted by Gasteiger charge is 2.05. The molecule has 0 aromatic carbocycles. The van der Waals surface area contributed by atoms with Crippen molar-refractivity contribution >= 4 is 17.5 Å². The zero-order chi connectivity index (χ0) is 14.4. The third-order valence-electron chi connectivity index (χ3n) is 2.73. The fourth-order valence-corrected chi connectivity index (χ4v) is 1.81. The third-order valence-corrected chi connectivity index (χ3v) is 3.08. The first-order valence-electron chi connectivity index (χ1n) is 6.47. The summed E-state index contributed by atoms with van der Waals surface area (Å²) in [5.41, 5.74) is 0.243. The molecular weight excluding hydrogens is 278 g/mol. The standard InChI is InChI=1S/C13H16ClN5O/c1-2-3-6-16-12-17-9-19(13(20)18-12)8-11-10(14)5-4-7-15-11/h4-5,7,9H,2-3,6,8H2,1H3,(H,16,18,20). The van der Waals surface area contributed by atoms with Crippen molar-refractivity contribution in [1.29, 1.82) is 0 Å². The Kier molecular flexibility index (Phi) is 5.06. The smallest absolute Gasteiger partial charge is 0.352 e. The Morgan fingerprint density at radius 1 is 1.40 bits per heavy atom. The first-order valence-corrected chi connectivity index (χ1v) is 6.85. The molecule has 0 aliphatic carbocycles. The van der Waals surface area contributed by atoms with E-state index in [1.807, 2.05) is 0 Å². The summed E-state index contributed by atoms with van der Waals surface area (Å²) in [7, 11) is 0. The molecule has 2 heterocycles. The van der Waals surface area contributed by atoms with Crippen LogP contribution in [0, 0.1) is 0 Å². The maximum absolute atomic E-state index is 11.9. The van der Waals surface area contributed by atoms with Crippen LogP contribution in [0.15, 0.2) is 29.5 Å². The zero-order valence-electron chi connectivity index (χ0n) is 11.2. The van der Waals surface area contributed by atoms with E-state index in [4.69, 9.17) is 11.6 Å². The van der Waals surface area contributed by atoms with Gasteiger partial charge in [-0.25, -0.2) is 9.78 Å². The third kappa shape index (κ3) is 3.77. The Morgan fingerprint density at radius 2 is 2.25 bits per heavy atom. The van der Waals surface area contributed by atoms with Gasteiger partial charge in [0.2, 0.25) is 5.95 Å². The van der Waals surface area contributed by atoms with E-state index in [-0.39, 0.29) is 12.2 Å². The molecule has 0 atom stereocenters. The highest BCUT2D eigenvalue weighted by atomic mass is 35.5. The Hall–Kier alpha value is -1.95. The topological polar surface area (TPSA) is 72.7 Å². The summed E-state index contributed by atoms with van der Waals surface area (Å²) in [4.78, 5) is 24.0. The van der Waals surface area contributed by atoms with Crippen molar-refractivity contribution in [1.82, 2.24) is 19.5 Å². The zero-order valence-corrected chi connectivity index (χ0v) is 12.0. The molecule has 0 fully saturated rings. The van der Waals surface area contributed by atoms with Gasteiger partial charge in [-0.15, -0.1) is 0 Å². The number of nitrogens with zero attached hydrogens (tertiary/aromatic N) is 4. The normalized spacial score (nSPS) is 10.5. The highest BCUT2D eigenvalue weighted by molar-refractivity contribution is 6.31. The van der Waals surface area contributed by atoms with Gasteiger partial charge < -0.3 is 5.32 Å². The molecule has 1 N–H and O–H groups in total. The number of rotatable bonds is 6. The molecule has 106 valence electrons. The lowest BCUT2D eigenvalue weighted by Gasteiger charge is -2.07. The molecule has 2 rings (SSSR count). The van der Waals surface area contributed by atoms with E-state index in [0.29, 0.717) is 16.7 Å². The van der Waals surface area contributed by atoms with E-state index in [0.717, 1.165) is 19.4 Å². The van der Waals surface area contributed by atoms with Gasteiger partial charge in [-0.1, -0.05) is 24.9 Å². The van der Waals surface area contributed by atoms with Crippen LogP contribution in [0.25, 0.3) is 0 Å². The van der Waals surface area contributed by atoms with Crippen LogP contribution in [-0.4, -0.2) is 26.1 Å². The summed E-state index contributed by atoms with van der Waals surface area (Å²) in [5, 5.41) is 3.53. The van der Waals surface area contributed by atoms with Crippen LogP contribution in [-0.2, 0) is 6.54 Å². The molecule has 7 heteroatoms. The summed E-state index contributed by atoms with van der Waals surface area (Å²) >= 11 is 6.01. The number of pyridine rings is 1. The van der Waals surface area contributed by atoms with Crippen LogP contribution < -0.4 is 11.0 Å². The summed E-state index contributed by atoms with van der Waals surface area (Å²) in [6.07, 6.45) is 5.17. The number of aromatic nitrogens is 4. The van der Waals surface area contributed by atoms with Crippen LogP contribution in [0.2, 0.25) is 5.02 Å². The number of hydrogen-bond acceptors (Lipinski definition) is 5. The second-order valence-corrected chi connectivity index (χ2v) is 4.71. The van der Waals surface area contributed by atoms with Crippen molar-refractivity contribution in [3.05, 3.63) is 45.9 Å². The lowest BCUT2D eigenvalue weighted by atomic mass is 10.3. The van der Waals surface area contributed by atoms with E-state index < -0.39 is 0 Å². The van der Waals surface area contributed by atoms with Gasteiger partial charge in [0.15, 0.2) is 0 Å². The molecule has 0 aliphatic heterocycles. The average Bonchev–Trinajstić information content (AvgIpc) is 2.44. The first-order chi connectivity index (χ1) is 9.70. The molecule has 0 unspecified atom stereocenters. The summed E-state index contributed by atoms with van der Waals surface area (Å²) in [6, 6.07) is 3.47. The predicted octanol–water partition coefficient (Wildman–Crippen LogP) is 1.95. The molecule has 0 spiro atoms. The van der Waals surface area contributed by atoms with Gasteiger partial charge in [0.05, 0.1) is 17.3 Å². The van der Waals surface area contributed by atoms with Gasteiger partial charge in [-0.05, 0) is 18.6 Å². The Labute approximate surface area is 121 Å². The SMILES string of the molecule is CCCCNc1ncn(Cc2ncccc2Cl)c(=O)n1. The maximum Gasteiger partial charge on any atom is 0.352 e. The molecule has 2 aromatic heterocycles. The monoisotopic (exact) mass is 293 g/mol. The molecule has 0 saturated heterocycles. The number of nitrogens with one attached hydrogen (secondary N) is 1. The van der Waals surface area contributed by atoms with E-state index >= 15 is 0 Å². The number of unbranched alkanes of at least 4 members (excludes halogenated alkanes) is 1. The lowest BCUT2D eigenvalue weighted by molar-refractivity contribution is 0.686. The second-order valence-electron chi connectivity index (χ2n) is 4.30. The minimum Gasteiger partial charge on any atom is -0.354 e. The maximum atomic E-state index is 11.9. The molecule has 0 amide bonds. The second kappa shape index (κ2) is 7.00. The fourth-order valence-electron chi connectivity index (χ4n) is 1.62. The molecule has 2 aromatic rings. The van der Waals surface area contributed by atoms with Crippen molar-refractivity contribution < 1.29 is 0 Å². The Balaban J connectivity index is 2.10. The Bertz CT molecular complexity index is 628. The quantitative estimate of drug-likeness (QED) is 0.824. The van der Waals surface area contributed by atoms with Crippen molar-refractivity contribution in [2.24, 2.45) is 0 Å². The molecule has 20 heavy (non-hydrogen) atoms. The van der Waals surface area contributed by atoms with Gasteiger partial charge in [0.1, 0.15) is 6.33 Å². The minimum absolute atomic E-state index is 0.258. The van der Waals surface area contributed by atoms with Crippen molar-refractivity contribution in [2.45, 2.75) is 26.3 Å². The summed E-state index contributed by atoms with van der Waals surface area (Å²) in [5.74, 6) is 0.354. The number of halogens is 1. The van der Waals surface area contributed by atoms with Crippen LogP contribution in [0.1, 0.15) is 25.5 Å². The number of anilines is 1. The Morgan fingerprint density at radius 3 is 2.95 bits per heavy atom. The first kappa shape index (κ1) is 14.5. The molecule has 6 nitrogen and oxygen atoms in total. The van der Waals surface area contributed by atoms with Gasteiger partial charge >= 0.3 is 5.69 Å². The molecule has 0 bridgehead atoms. The van der Waals surface area contributed by atoms with Gasteiger partial charge in [-0.2, -0.15) is 4.98 Å². The predicted molar refractivity (Wildman–Crippen MR) is 78.0 cm³/mol. The van der Waals surface area contributed by atoms with Crippen LogP contribution in [0.5, 0.6) is 0 Å². The van der Waals surface area contributed by atoms with Gasteiger partial charge in [0.25, 0.3) is 0 Å². The van der Waals surface area contributed by atoms with E-state index in [9.17, 15) is 4.79 Å². The molecule has 0 radical (unpaired) electrons. The van der Waals surface area contributed by atoms with Crippen LogP contribution >= 0.6 is 11.6 Å². The largest absolute Gasteiger partial charge is 0.354 e.